The predicted molar refractivity (Wildman–Crippen MR) is 98.8 cm³/mol. The Morgan fingerprint density at radius 2 is 1.28 bits per heavy atom. The van der Waals surface area contributed by atoms with E-state index < -0.39 is 0 Å². The van der Waals surface area contributed by atoms with E-state index in [2.05, 4.69) is 80.9 Å². The van der Waals surface area contributed by atoms with E-state index in [0.29, 0.717) is 8.45 Å². The molecule has 2 aromatic rings. The zero-order valence-corrected chi connectivity index (χ0v) is 17.1. The molecule has 4 heteroatoms. The number of hydrogen-bond acceptors (Lipinski definition) is 0. The van der Waals surface area contributed by atoms with Crippen molar-refractivity contribution in [1.82, 2.24) is 0 Å². The quantitative estimate of drug-likeness (QED) is 0.514. The Labute approximate surface area is 158 Å². The summed E-state index contributed by atoms with van der Waals surface area (Å²) in [7, 11) is -0.0161. The topological polar surface area (TPSA) is 0 Å². The number of fused-ring (bicyclic) bond motifs is 2. The van der Waals surface area contributed by atoms with Crippen LogP contribution in [0.1, 0.15) is 37.6 Å². The zero-order chi connectivity index (χ0) is 16.0. The van der Waals surface area contributed by atoms with Crippen molar-refractivity contribution in [3.63, 3.8) is 0 Å². The molecule has 128 valence electrons. The molecular weight excluding hydrogens is 369 g/mol. The van der Waals surface area contributed by atoms with Crippen molar-refractivity contribution in [1.29, 1.82) is 0 Å². The van der Waals surface area contributed by atoms with Gasteiger partial charge in [-0.3, -0.25) is 0 Å². The molecule has 2 aliphatic rings. The minimum absolute atomic E-state index is 0. The van der Waals surface area contributed by atoms with E-state index in [-0.39, 0.29) is 36.5 Å². The first-order valence-corrected chi connectivity index (χ1v) is 12.2. The summed E-state index contributed by atoms with van der Waals surface area (Å²) >= 11 is -0.159. The number of rotatable bonds is 3. The Kier molecular flexibility index (Phi) is 6.54. The van der Waals surface area contributed by atoms with Crippen molar-refractivity contribution in [3.8, 4) is 0 Å². The summed E-state index contributed by atoms with van der Waals surface area (Å²) in [6, 6.07) is 18.1. The SMILES string of the molecule is CC1=Cc2ccccc2[CH]1[Ti+2][CH]1C(P(C)C)=Cc2ccccc21.[F-].[F-]. The molecule has 0 aliphatic heterocycles. The maximum atomic E-state index is 2.50. The first-order valence-electron chi connectivity index (χ1n) is 8.16. The van der Waals surface area contributed by atoms with Crippen molar-refractivity contribution in [2.75, 3.05) is 13.3 Å². The first-order chi connectivity index (χ1) is 11.1. The molecule has 2 aromatic carbocycles. The third-order valence-corrected chi connectivity index (χ3v) is 9.91. The standard InChI is InChI=1S/C11H12P.C10H9.2FH.Ti/c1-12(2)11-7-9-5-3-4-6-10(9)8-11;1-8-6-9-4-2-3-5-10(9)7-8;;;/h3-8H,1-2H3;2-7H,1H3;2*1H;/q;;;;+2/p-2. The smallest absolute Gasteiger partial charge is 1.00 e. The molecule has 2 aliphatic carbocycles. The number of halogens is 2. The third-order valence-electron chi connectivity index (χ3n) is 4.90. The van der Waals surface area contributed by atoms with E-state index in [0.717, 1.165) is 0 Å². The normalized spacial score (nSPS) is 19.8. The predicted octanol–water partition coefficient (Wildman–Crippen LogP) is 0.0724. The van der Waals surface area contributed by atoms with Crippen LogP contribution >= 0.6 is 7.92 Å². The van der Waals surface area contributed by atoms with Crippen LogP contribution in [-0.4, -0.2) is 13.3 Å². The van der Waals surface area contributed by atoms with Crippen LogP contribution in [0.5, 0.6) is 0 Å². The molecule has 0 amide bonds. The van der Waals surface area contributed by atoms with Gasteiger partial charge in [0.2, 0.25) is 0 Å². The molecule has 4 rings (SSSR count). The second-order valence-electron chi connectivity index (χ2n) is 6.64. The van der Waals surface area contributed by atoms with Crippen LogP contribution in [0.25, 0.3) is 12.2 Å². The summed E-state index contributed by atoms with van der Waals surface area (Å²) in [5.74, 6) is 0. The molecule has 0 spiro atoms. The van der Waals surface area contributed by atoms with Crippen molar-refractivity contribution in [2.45, 2.75) is 15.4 Å². The zero-order valence-electron chi connectivity index (χ0n) is 14.6. The Balaban J connectivity index is 0.00000113. The van der Waals surface area contributed by atoms with E-state index in [1.54, 1.807) is 22.0 Å². The molecule has 0 radical (unpaired) electrons. The van der Waals surface area contributed by atoms with E-state index in [1.807, 2.05) is 0 Å². The fraction of sp³-hybridized carbons (Fsp3) is 0.238. The van der Waals surface area contributed by atoms with Crippen LogP contribution in [-0.2, 0) is 19.2 Å². The van der Waals surface area contributed by atoms with Gasteiger partial charge in [0.15, 0.2) is 0 Å². The molecule has 0 heterocycles. The molecule has 2 unspecified atom stereocenters. The van der Waals surface area contributed by atoms with Crippen molar-refractivity contribution in [2.24, 2.45) is 0 Å². The van der Waals surface area contributed by atoms with Gasteiger partial charge in [-0.05, 0) is 0 Å². The molecule has 25 heavy (non-hydrogen) atoms. The Morgan fingerprint density at radius 3 is 1.88 bits per heavy atom. The maximum Gasteiger partial charge on any atom is -1.00 e. The third kappa shape index (κ3) is 3.58. The van der Waals surface area contributed by atoms with Gasteiger partial charge in [-0.25, -0.2) is 0 Å². The van der Waals surface area contributed by atoms with Gasteiger partial charge in [0.05, 0.1) is 0 Å². The monoisotopic (exact) mass is 390 g/mol. The van der Waals surface area contributed by atoms with Crippen LogP contribution in [0.2, 0.25) is 0 Å². The van der Waals surface area contributed by atoms with Crippen LogP contribution < -0.4 is 9.41 Å². The molecule has 0 bridgehead atoms. The molecule has 0 saturated carbocycles. The van der Waals surface area contributed by atoms with E-state index in [4.69, 9.17) is 0 Å². The Morgan fingerprint density at radius 1 is 0.760 bits per heavy atom. The summed E-state index contributed by atoms with van der Waals surface area (Å²) in [5.41, 5.74) is 7.67. The van der Waals surface area contributed by atoms with Gasteiger partial charge in [-0.15, -0.1) is 0 Å². The first kappa shape index (κ1) is 20.2. The summed E-state index contributed by atoms with van der Waals surface area (Å²) < 4.78 is 1.41. The van der Waals surface area contributed by atoms with Crippen LogP contribution in [0.4, 0.5) is 0 Å². The van der Waals surface area contributed by atoms with Crippen molar-refractivity contribution < 1.29 is 28.6 Å². The van der Waals surface area contributed by atoms with Crippen LogP contribution in [0.15, 0.2) is 59.4 Å². The molecule has 0 fully saturated rings. The molecule has 2 atom stereocenters. The number of hydrogen-bond donors (Lipinski definition) is 0. The second kappa shape index (κ2) is 8.08. The van der Waals surface area contributed by atoms with Gasteiger partial charge in [0, 0.05) is 0 Å². The van der Waals surface area contributed by atoms with Gasteiger partial charge in [-0.2, -0.15) is 0 Å². The summed E-state index contributed by atoms with van der Waals surface area (Å²) in [6.07, 6.45) is 4.91. The Hall–Kier alpha value is -1.08. The van der Waals surface area contributed by atoms with Gasteiger partial charge in [0.1, 0.15) is 0 Å². The largest absolute Gasteiger partial charge is 1.00 e. The van der Waals surface area contributed by atoms with E-state index in [1.165, 1.54) is 11.1 Å². The molecule has 0 aromatic heterocycles. The molecule has 0 nitrogen and oxygen atoms in total. The average molecular weight is 390 g/mol. The molecule has 0 N–H and O–H groups in total. The molecular formula is C21H21F2PTi. The fourth-order valence-corrected chi connectivity index (χ4v) is 9.15. The van der Waals surface area contributed by atoms with E-state index >= 15 is 0 Å². The number of allylic oxidation sites excluding steroid dienone is 2. The molecule has 0 saturated heterocycles. The number of benzene rings is 2. The van der Waals surface area contributed by atoms with E-state index in [9.17, 15) is 0 Å². The summed E-state index contributed by atoms with van der Waals surface area (Å²) in [6.45, 7) is 7.16. The van der Waals surface area contributed by atoms with Gasteiger partial charge < -0.3 is 9.41 Å². The minimum Gasteiger partial charge on any atom is -1.00 e. The van der Waals surface area contributed by atoms with Crippen molar-refractivity contribution in [3.05, 3.63) is 81.7 Å². The average Bonchev–Trinajstić information content (AvgIpc) is 3.07. The summed E-state index contributed by atoms with van der Waals surface area (Å²) in [4.78, 5) is 0. The van der Waals surface area contributed by atoms with Gasteiger partial charge >= 0.3 is 150 Å². The Bertz CT molecular complexity index is 826. The van der Waals surface area contributed by atoms with Crippen LogP contribution in [0, 0.1) is 0 Å². The van der Waals surface area contributed by atoms with Crippen LogP contribution in [0.3, 0.4) is 0 Å². The second-order valence-corrected chi connectivity index (χ2v) is 11.3. The van der Waals surface area contributed by atoms with Gasteiger partial charge in [0.25, 0.3) is 0 Å². The van der Waals surface area contributed by atoms with Gasteiger partial charge in [-0.1, -0.05) is 0 Å². The summed E-state index contributed by atoms with van der Waals surface area (Å²) in [5, 5.41) is 1.72. The maximum absolute atomic E-state index is 2.50. The minimum atomic E-state index is -0.159. The van der Waals surface area contributed by atoms with Crippen molar-refractivity contribution >= 4 is 20.1 Å². The fourth-order valence-electron chi connectivity index (χ4n) is 3.74.